The number of aromatic amines is 1. The maximum atomic E-state index is 13.1. The van der Waals surface area contributed by atoms with Crippen LogP contribution in [0.25, 0.3) is 22.2 Å². The molecule has 1 unspecified atom stereocenters. The molecule has 0 radical (unpaired) electrons. The number of nitrogens with zero attached hydrogens (tertiary/aromatic N) is 3. The predicted molar refractivity (Wildman–Crippen MR) is 150 cm³/mol. The van der Waals surface area contributed by atoms with Crippen molar-refractivity contribution in [3.8, 4) is 11.3 Å². The first-order chi connectivity index (χ1) is 17.8. The number of piperidine rings is 1. The van der Waals surface area contributed by atoms with Gasteiger partial charge in [0.1, 0.15) is 0 Å². The first kappa shape index (κ1) is 25.9. The molecule has 2 aliphatic heterocycles. The Kier molecular flexibility index (Phi) is 7.68. The van der Waals surface area contributed by atoms with Crippen LogP contribution in [0.2, 0.25) is 0 Å². The second-order valence-electron chi connectivity index (χ2n) is 11.4. The highest BCUT2D eigenvalue weighted by molar-refractivity contribution is 5.92. The average Bonchev–Trinajstić information content (AvgIpc) is 3.47. The van der Waals surface area contributed by atoms with Gasteiger partial charge >= 0.3 is 0 Å². The number of carbonyl (C=O) groups excluding carboxylic acids is 1. The summed E-state index contributed by atoms with van der Waals surface area (Å²) < 4.78 is 5.37. The quantitative estimate of drug-likeness (QED) is 0.444. The van der Waals surface area contributed by atoms with Gasteiger partial charge in [-0.2, -0.15) is 0 Å². The van der Waals surface area contributed by atoms with E-state index in [2.05, 4.69) is 77.8 Å². The Morgan fingerprint density at radius 2 is 1.81 bits per heavy atom. The summed E-state index contributed by atoms with van der Waals surface area (Å²) in [7, 11) is 1.75. The summed E-state index contributed by atoms with van der Waals surface area (Å²) in [6.07, 6.45) is 4.34. The lowest BCUT2D eigenvalue weighted by Crippen LogP contribution is -2.45. The molecular formula is C31H42N4O2. The van der Waals surface area contributed by atoms with Crippen LogP contribution in [0.3, 0.4) is 0 Å². The lowest BCUT2D eigenvalue weighted by molar-refractivity contribution is -0.133. The molecule has 6 heteroatoms. The lowest BCUT2D eigenvalue weighted by Gasteiger charge is -2.34. The molecule has 1 aromatic carbocycles. The minimum atomic E-state index is 0.275. The van der Waals surface area contributed by atoms with E-state index in [1.54, 1.807) is 7.11 Å². The first-order valence-corrected chi connectivity index (χ1v) is 14.0. The normalized spacial score (nSPS) is 19.4. The van der Waals surface area contributed by atoms with Crippen molar-refractivity contribution < 1.29 is 9.53 Å². The molecule has 0 spiro atoms. The van der Waals surface area contributed by atoms with Crippen LogP contribution in [0.5, 0.6) is 0 Å². The van der Waals surface area contributed by atoms with Crippen LogP contribution in [0.15, 0.2) is 30.3 Å². The number of hydrogen-bond acceptors (Lipinski definition) is 4. The predicted octanol–water partition coefficient (Wildman–Crippen LogP) is 5.79. The molecule has 1 atom stereocenters. The van der Waals surface area contributed by atoms with Crippen LogP contribution >= 0.6 is 0 Å². The van der Waals surface area contributed by atoms with E-state index >= 15 is 0 Å². The molecule has 0 aliphatic carbocycles. The zero-order valence-electron chi connectivity index (χ0n) is 23.1. The van der Waals surface area contributed by atoms with E-state index in [1.165, 1.54) is 33.3 Å². The zero-order valence-corrected chi connectivity index (χ0v) is 23.1. The molecule has 198 valence electrons. The number of carbonyl (C=O) groups is 1. The van der Waals surface area contributed by atoms with Crippen LogP contribution in [0.1, 0.15) is 73.9 Å². The molecule has 37 heavy (non-hydrogen) atoms. The molecule has 6 nitrogen and oxygen atoms in total. The maximum absolute atomic E-state index is 13.1. The minimum absolute atomic E-state index is 0.275. The van der Waals surface area contributed by atoms with E-state index in [0.29, 0.717) is 24.4 Å². The summed E-state index contributed by atoms with van der Waals surface area (Å²) in [5.41, 5.74) is 8.49. The van der Waals surface area contributed by atoms with Crippen LogP contribution < -0.4 is 0 Å². The summed E-state index contributed by atoms with van der Waals surface area (Å²) in [6.45, 7) is 12.6. The van der Waals surface area contributed by atoms with E-state index in [1.807, 2.05) is 0 Å². The fraction of sp³-hybridized carbons (Fsp3) is 0.548. The highest BCUT2D eigenvalue weighted by Crippen LogP contribution is 2.38. The number of H-pyrrole nitrogens is 1. The SMILES string of the molecule is COCC1CCCN1CC(=O)N1CCC(c2ccc3[nH]c(-c4cc(C)nc(C)c4)c(C(C)C)c3c2)CC1. The minimum Gasteiger partial charge on any atom is -0.383 e. The Labute approximate surface area is 221 Å². The topological polar surface area (TPSA) is 61.5 Å². The molecule has 4 heterocycles. The maximum Gasteiger partial charge on any atom is 0.236 e. The highest BCUT2D eigenvalue weighted by atomic mass is 16.5. The number of fused-ring (bicyclic) bond motifs is 1. The smallest absolute Gasteiger partial charge is 0.236 e. The fourth-order valence-electron chi connectivity index (χ4n) is 6.51. The first-order valence-electron chi connectivity index (χ1n) is 14.0. The van der Waals surface area contributed by atoms with Crippen molar-refractivity contribution in [2.45, 2.75) is 71.3 Å². The van der Waals surface area contributed by atoms with Gasteiger partial charge in [-0.3, -0.25) is 14.7 Å². The Morgan fingerprint density at radius 1 is 1.08 bits per heavy atom. The largest absolute Gasteiger partial charge is 0.383 e. The summed E-state index contributed by atoms with van der Waals surface area (Å²) in [5.74, 6) is 1.17. The monoisotopic (exact) mass is 502 g/mol. The van der Waals surface area contributed by atoms with Crippen LogP contribution in [0.4, 0.5) is 0 Å². The van der Waals surface area contributed by atoms with Gasteiger partial charge in [-0.05, 0) is 93.3 Å². The second-order valence-corrected chi connectivity index (χ2v) is 11.4. The van der Waals surface area contributed by atoms with E-state index in [-0.39, 0.29) is 5.91 Å². The molecule has 1 amide bonds. The standard InChI is InChI=1S/C31H42N4O2/c1-20(2)30-27-17-24(8-9-28(27)33-31(30)25-15-21(3)32-22(4)16-25)23-10-13-34(14-11-23)29(36)18-35-12-6-7-26(35)19-37-5/h8-9,15-17,20,23,26,33H,6-7,10-14,18-19H2,1-5H3. The van der Waals surface area contributed by atoms with Gasteiger partial charge in [0, 0.05) is 54.1 Å². The number of amides is 1. The summed E-state index contributed by atoms with van der Waals surface area (Å²) >= 11 is 0. The van der Waals surface area contributed by atoms with Crippen LogP contribution in [-0.2, 0) is 9.53 Å². The number of methoxy groups -OCH3 is 1. The third-order valence-corrected chi connectivity index (χ3v) is 8.33. The van der Waals surface area contributed by atoms with E-state index in [0.717, 1.165) is 63.3 Å². The van der Waals surface area contributed by atoms with E-state index in [4.69, 9.17) is 4.74 Å². The van der Waals surface area contributed by atoms with Crippen molar-refractivity contribution in [1.82, 2.24) is 19.8 Å². The molecule has 0 bridgehead atoms. The van der Waals surface area contributed by atoms with Crippen LogP contribution in [-0.4, -0.2) is 71.6 Å². The Morgan fingerprint density at radius 3 is 2.49 bits per heavy atom. The van der Waals surface area contributed by atoms with Crippen molar-refractivity contribution in [2.24, 2.45) is 0 Å². The Bertz CT molecular complexity index is 1240. The van der Waals surface area contributed by atoms with Crippen molar-refractivity contribution in [3.63, 3.8) is 0 Å². The number of aromatic nitrogens is 2. The zero-order chi connectivity index (χ0) is 26.1. The van der Waals surface area contributed by atoms with Gasteiger partial charge in [0.25, 0.3) is 0 Å². The second kappa shape index (κ2) is 11.0. The number of aryl methyl sites for hydroxylation is 2. The summed E-state index contributed by atoms with van der Waals surface area (Å²) in [5, 5.41) is 1.33. The van der Waals surface area contributed by atoms with Crippen molar-refractivity contribution >= 4 is 16.8 Å². The number of likely N-dealkylation sites (tertiary alicyclic amines) is 2. The molecular weight excluding hydrogens is 460 g/mol. The average molecular weight is 503 g/mol. The highest BCUT2D eigenvalue weighted by Gasteiger charge is 2.30. The van der Waals surface area contributed by atoms with Crippen LogP contribution in [0, 0.1) is 13.8 Å². The third-order valence-electron chi connectivity index (χ3n) is 8.33. The van der Waals surface area contributed by atoms with Gasteiger partial charge in [-0.25, -0.2) is 0 Å². The number of benzene rings is 1. The molecule has 2 saturated heterocycles. The molecule has 2 aromatic heterocycles. The third kappa shape index (κ3) is 5.46. The Balaban J connectivity index is 1.31. The molecule has 3 aromatic rings. The molecule has 1 N–H and O–H groups in total. The number of nitrogens with one attached hydrogen (secondary N) is 1. The van der Waals surface area contributed by atoms with Gasteiger partial charge in [0.15, 0.2) is 0 Å². The lowest BCUT2D eigenvalue weighted by atomic mass is 9.87. The molecule has 5 rings (SSSR count). The molecule has 2 fully saturated rings. The number of pyridine rings is 1. The van der Waals surface area contributed by atoms with Gasteiger partial charge in [-0.1, -0.05) is 19.9 Å². The van der Waals surface area contributed by atoms with E-state index < -0.39 is 0 Å². The summed E-state index contributed by atoms with van der Waals surface area (Å²) in [4.78, 5) is 25.8. The molecule has 2 aliphatic rings. The van der Waals surface area contributed by atoms with Crippen molar-refractivity contribution in [1.29, 1.82) is 0 Å². The van der Waals surface area contributed by atoms with Gasteiger partial charge < -0.3 is 14.6 Å². The van der Waals surface area contributed by atoms with E-state index in [9.17, 15) is 4.79 Å². The van der Waals surface area contributed by atoms with Gasteiger partial charge in [0.2, 0.25) is 5.91 Å². The van der Waals surface area contributed by atoms with Crippen molar-refractivity contribution in [2.75, 3.05) is 39.9 Å². The number of rotatable bonds is 7. The summed E-state index contributed by atoms with van der Waals surface area (Å²) in [6, 6.07) is 11.7. The Hall–Kier alpha value is -2.70. The van der Waals surface area contributed by atoms with Crippen molar-refractivity contribution in [3.05, 3.63) is 52.8 Å². The fourth-order valence-corrected chi connectivity index (χ4v) is 6.51. The van der Waals surface area contributed by atoms with Gasteiger partial charge in [0.05, 0.1) is 18.8 Å². The van der Waals surface area contributed by atoms with Gasteiger partial charge in [-0.15, -0.1) is 0 Å². The number of hydrogen-bond donors (Lipinski definition) is 1. The number of ether oxygens (including phenoxy) is 1. The molecule has 0 saturated carbocycles.